The van der Waals surface area contributed by atoms with Crippen LogP contribution >= 0.6 is 0 Å². The molecular formula is C14H13N3O2. The summed E-state index contributed by atoms with van der Waals surface area (Å²) in [5, 5.41) is 0. The van der Waals surface area contributed by atoms with Gasteiger partial charge in [0, 0.05) is 11.8 Å². The van der Waals surface area contributed by atoms with Crippen LogP contribution in [0.1, 0.15) is 33.5 Å². The number of nitrogens with one attached hydrogen (secondary N) is 1. The van der Waals surface area contributed by atoms with Gasteiger partial charge in [-0.1, -0.05) is 12.1 Å². The molecule has 0 fully saturated rings. The maximum absolute atomic E-state index is 12.3. The molecule has 5 nitrogen and oxygen atoms in total. The molecule has 2 aromatic rings. The minimum atomic E-state index is -0.553. The standard InChI is InChI=1S/C14H13N3O2/c15-13-11(7-16-14(19)17-13)12(18)10-5-4-8-2-1-3-9(8)6-10/h4-7H,1-3H2,(H3,15,16,17,19). The first kappa shape index (κ1) is 11.6. The lowest BCUT2D eigenvalue weighted by atomic mass is 10.0. The van der Waals surface area contributed by atoms with Crippen LogP contribution in [0.15, 0.2) is 29.2 Å². The number of carbonyl (C=O) groups is 1. The first-order valence-electron chi connectivity index (χ1n) is 6.16. The van der Waals surface area contributed by atoms with Gasteiger partial charge in [0.2, 0.25) is 0 Å². The number of rotatable bonds is 2. The highest BCUT2D eigenvalue weighted by molar-refractivity contribution is 6.11. The van der Waals surface area contributed by atoms with Gasteiger partial charge < -0.3 is 5.73 Å². The van der Waals surface area contributed by atoms with Crippen molar-refractivity contribution >= 4 is 11.6 Å². The minimum absolute atomic E-state index is 0.0606. The van der Waals surface area contributed by atoms with Crippen molar-refractivity contribution in [2.45, 2.75) is 19.3 Å². The molecule has 0 atom stereocenters. The number of H-pyrrole nitrogens is 1. The van der Waals surface area contributed by atoms with Gasteiger partial charge in [-0.2, -0.15) is 0 Å². The average molecular weight is 255 g/mol. The zero-order valence-corrected chi connectivity index (χ0v) is 10.3. The predicted octanol–water partition coefficient (Wildman–Crippen LogP) is 1.07. The van der Waals surface area contributed by atoms with Gasteiger partial charge in [0.25, 0.3) is 0 Å². The summed E-state index contributed by atoms with van der Waals surface area (Å²) in [7, 11) is 0. The van der Waals surface area contributed by atoms with E-state index in [0.717, 1.165) is 19.3 Å². The number of aromatic amines is 1. The molecule has 1 aromatic carbocycles. The van der Waals surface area contributed by atoms with E-state index in [-0.39, 0.29) is 17.2 Å². The van der Waals surface area contributed by atoms with E-state index in [4.69, 9.17) is 5.73 Å². The third kappa shape index (κ3) is 2.03. The van der Waals surface area contributed by atoms with E-state index >= 15 is 0 Å². The molecule has 0 unspecified atom stereocenters. The quantitative estimate of drug-likeness (QED) is 0.786. The fourth-order valence-corrected chi connectivity index (χ4v) is 2.46. The summed E-state index contributed by atoms with van der Waals surface area (Å²) in [6.07, 6.45) is 4.45. The van der Waals surface area contributed by atoms with Crippen LogP contribution in [0.25, 0.3) is 0 Å². The normalized spacial score (nSPS) is 13.3. The number of nitrogens with zero attached hydrogens (tertiary/aromatic N) is 1. The molecule has 0 aliphatic heterocycles. The van der Waals surface area contributed by atoms with Crippen LogP contribution < -0.4 is 11.4 Å². The molecule has 1 heterocycles. The summed E-state index contributed by atoms with van der Waals surface area (Å²) in [4.78, 5) is 29.2. The third-order valence-corrected chi connectivity index (χ3v) is 3.45. The predicted molar refractivity (Wildman–Crippen MR) is 71.2 cm³/mol. The highest BCUT2D eigenvalue weighted by Gasteiger charge is 2.17. The molecule has 96 valence electrons. The van der Waals surface area contributed by atoms with E-state index in [9.17, 15) is 9.59 Å². The van der Waals surface area contributed by atoms with Crippen molar-refractivity contribution < 1.29 is 4.79 Å². The average Bonchev–Trinajstić information content (AvgIpc) is 2.85. The van der Waals surface area contributed by atoms with Gasteiger partial charge in [0.15, 0.2) is 5.78 Å². The summed E-state index contributed by atoms with van der Waals surface area (Å²) in [6.45, 7) is 0. The molecule has 0 bridgehead atoms. The molecular weight excluding hydrogens is 242 g/mol. The molecule has 0 spiro atoms. The Labute approximate surface area is 109 Å². The summed E-state index contributed by atoms with van der Waals surface area (Å²) in [5.74, 6) is -0.151. The number of benzene rings is 1. The summed E-state index contributed by atoms with van der Waals surface area (Å²) >= 11 is 0. The third-order valence-electron chi connectivity index (χ3n) is 3.45. The molecule has 19 heavy (non-hydrogen) atoms. The van der Waals surface area contributed by atoms with Gasteiger partial charge in [0.1, 0.15) is 5.82 Å². The first-order valence-corrected chi connectivity index (χ1v) is 6.16. The largest absolute Gasteiger partial charge is 0.384 e. The van der Waals surface area contributed by atoms with Gasteiger partial charge in [-0.15, -0.1) is 0 Å². The SMILES string of the molecule is Nc1[nH]c(=O)ncc1C(=O)c1ccc2c(c1)CCC2. The van der Waals surface area contributed by atoms with Gasteiger partial charge >= 0.3 is 5.69 Å². The van der Waals surface area contributed by atoms with E-state index in [1.54, 1.807) is 6.07 Å². The molecule has 0 amide bonds. The fraction of sp³-hybridized carbons (Fsp3) is 0.214. The van der Waals surface area contributed by atoms with Crippen molar-refractivity contribution in [3.63, 3.8) is 0 Å². The number of hydrogen-bond acceptors (Lipinski definition) is 4. The van der Waals surface area contributed by atoms with E-state index in [2.05, 4.69) is 9.97 Å². The molecule has 0 saturated carbocycles. The van der Waals surface area contributed by atoms with Gasteiger partial charge in [-0.05, 0) is 36.5 Å². The Hall–Kier alpha value is -2.43. The fourth-order valence-electron chi connectivity index (χ4n) is 2.46. The van der Waals surface area contributed by atoms with E-state index in [0.29, 0.717) is 5.56 Å². The van der Waals surface area contributed by atoms with Crippen molar-refractivity contribution in [3.05, 3.63) is 57.1 Å². The number of nitrogens with two attached hydrogens (primary N) is 1. The molecule has 3 rings (SSSR count). The van der Waals surface area contributed by atoms with Gasteiger partial charge in [0.05, 0.1) is 5.56 Å². The summed E-state index contributed by atoms with van der Waals surface area (Å²) in [6, 6.07) is 5.71. The lowest BCUT2D eigenvalue weighted by Crippen LogP contribution is -2.17. The Morgan fingerprint density at radius 1 is 1.26 bits per heavy atom. The second-order valence-electron chi connectivity index (χ2n) is 4.68. The Balaban J connectivity index is 2.02. The maximum atomic E-state index is 12.3. The molecule has 1 aliphatic rings. The maximum Gasteiger partial charge on any atom is 0.346 e. The minimum Gasteiger partial charge on any atom is -0.384 e. The van der Waals surface area contributed by atoms with E-state index in [1.165, 1.54) is 17.3 Å². The van der Waals surface area contributed by atoms with Crippen molar-refractivity contribution in [2.75, 3.05) is 5.73 Å². The van der Waals surface area contributed by atoms with Crippen molar-refractivity contribution in [1.82, 2.24) is 9.97 Å². The number of fused-ring (bicyclic) bond motifs is 1. The van der Waals surface area contributed by atoms with Crippen molar-refractivity contribution in [3.8, 4) is 0 Å². The highest BCUT2D eigenvalue weighted by Crippen LogP contribution is 2.24. The Kier molecular flexibility index (Phi) is 2.67. The molecule has 0 saturated heterocycles. The van der Waals surface area contributed by atoms with Gasteiger partial charge in [-0.3, -0.25) is 9.78 Å². The van der Waals surface area contributed by atoms with E-state index in [1.807, 2.05) is 12.1 Å². The second kappa shape index (κ2) is 4.35. The monoisotopic (exact) mass is 255 g/mol. The number of aromatic nitrogens is 2. The van der Waals surface area contributed by atoms with Crippen LogP contribution in [0.4, 0.5) is 5.82 Å². The topological polar surface area (TPSA) is 88.8 Å². The number of anilines is 1. The molecule has 0 radical (unpaired) electrons. The number of aryl methyl sites for hydroxylation is 2. The lowest BCUT2D eigenvalue weighted by molar-refractivity contribution is 0.103. The zero-order valence-electron chi connectivity index (χ0n) is 10.3. The van der Waals surface area contributed by atoms with E-state index < -0.39 is 5.69 Å². The second-order valence-corrected chi connectivity index (χ2v) is 4.68. The summed E-state index contributed by atoms with van der Waals surface area (Å²) in [5.41, 5.74) is 8.45. The number of nitrogen functional groups attached to an aromatic ring is 1. The van der Waals surface area contributed by atoms with Crippen LogP contribution in [0.3, 0.4) is 0 Å². The lowest BCUT2D eigenvalue weighted by Gasteiger charge is -2.06. The Morgan fingerprint density at radius 2 is 2.05 bits per heavy atom. The smallest absolute Gasteiger partial charge is 0.346 e. The van der Waals surface area contributed by atoms with Crippen LogP contribution in [0.5, 0.6) is 0 Å². The molecule has 3 N–H and O–H groups in total. The molecule has 5 heteroatoms. The summed E-state index contributed by atoms with van der Waals surface area (Å²) < 4.78 is 0. The van der Waals surface area contributed by atoms with Crippen molar-refractivity contribution in [1.29, 1.82) is 0 Å². The zero-order chi connectivity index (χ0) is 13.4. The first-order chi connectivity index (χ1) is 9.15. The number of hydrogen-bond donors (Lipinski definition) is 2. The van der Waals surface area contributed by atoms with Crippen molar-refractivity contribution in [2.24, 2.45) is 0 Å². The van der Waals surface area contributed by atoms with Crippen LogP contribution in [-0.2, 0) is 12.8 Å². The number of carbonyl (C=O) groups excluding carboxylic acids is 1. The van der Waals surface area contributed by atoms with Gasteiger partial charge in [-0.25, -0.2) is 9.78 Å². The van der Waals surface area contributed by atoms with Crippen LogP contribution in [0, 0.1) is 0 Å². The van der Waals surface area contributed by atoms with Crippen LogP contribution in [0.2, 0.25) is 0 Å². The molecule has 1 aliphatic carbocycles. The Morgan fingerprint density at radius 3 is 2.84 bits per heavy atom. The van der Waals surface area contributed by atoms with Crippen LogP contribution in [-0.4, -0.2) is 15.8 Å². The number of ketones is 1. The highest BCUT2D eigenvalue weighted by atomic mass is 16.1. The Bertz CT molecular complexity index is 719. The molecule has 1 aromatic heterocycles.